The summed E-state index contributed by atoms with van der Waals surface area (Å²) in [5.41, 5.74) is 9.34. The Morgan fingerprint density at radius 2 is 2.20 bits per heavy atom. The number of nitrogens with zero attached hydrogens (tertiary/aromatic N) is 3. The van der Waals surface area contributed by atoms with E-state index in [0.717, 1.165) is 5.56 Å². The first-order valence-electron chi connectivity index (χ1n) is 4.49. The van der Waals surface area contributed by atoms with Gasteiger partial charge in [-0.1, -0.05) is 41.4 Å². The second-order valence-corrected chi connectivity index (χ2v) is 2.85. The Balaban J connectivity index is 2.67. The van der Waals surface area contributed by atoms with Crippen molar-refractivity contribution in [2.75, 3.05) is 13.2 Å². The fourth-order valence-electron chi connectivity index (χ4n) is 1.16. The molecule has 15 heavy (non-hydrogen) atoms. The van der Waals surface area contributed by atoms with Gasteiger partial charge in [0.15, 0.2) is 0 Å². The number of benzene rings is 1. The summed E-state index contributed by atoms with van der Waals surface area (Å²) in [5.74, 6) is 2.36. The molecule has 0 aliphatic rings. The van der Waals surface area contributed by atoms with Gasteiger partial charge in [0.2, 0.25) is 0 Å². The third-order valence-corrected chi connectivity index (χ3v) is 1.84. The molecule has 4 heteroatoms. The minimum absolute atomic E-state index is 0.226. The molecule has 76 valence electrons. The molecule has 1 aromatic rings. The fraction of sp³-hybridized carbons (Fsp3) is 0.273. The minimum Gasteiger partial charge on any atom is -0.368 e. The highest BCUT2D eigenvalue weighted by Gasteiger charge is 2.08. The number of hydrogen-bond donors (Lipinski definition) is 0. The van der Waals surface area contributed by atoms with Crippen LogP contribution in [0.2, 0.25) is 0 Å². The average molecular weight is 201 g/mol. The molecule has 0 N–H and O–H groups in total. The van der Waals surface area contributed by atoms with Gasteiger partial charge >= 0.3 is 0 Å². The van der Waals surface area contributed by atoms with E-state index in [1.807, 2.05) is 30.3 Å². The molecule has 0 saturated heterocycles. The van der Waals surface area contributed by atoms with E-state index in [4.69, 9.17) is 16.7 Å². The number of ether oxygens (including phenoxy) is 1. The van der Waals surface area contributed by atoms with Gasteiger partial charge in [-0.15, -0.1) is 6.42 Å². The van der Waals surface area contributed by atoms with Crippen LogP contribution in [-0.2, 0) is 4.74 Å². The van der Waals surface area contributed by atoms with Crippen molar-refractivity contribution in [2.24, 2.45) is 5.11 Å². The molecule has 0 saturated carbocycles. The topological polar surface area (TPSA) is 58.0 Å². The maximum Gasteiger partial charge on any atom is 0.107 e. The van der Waals surface area contributed by atoms with Crippen molar-refractivity contribution in [1.29, 1.82) is 0 Å². The quantitative estimate of drug-likeness (QED) is 0.237. The van der Waals surface area contributed by atoms with Crippen LogP contribution in [0.25, 0.3) is 10.4 Å². The van der Waals surface area contributed by atoms with Crippen LogP contribution in [-0.4, -0.2) is 13.2 Å². The van der Waals surface area contributed by atoms with Gasteiger partial charge in [-0.2, -0.15) is 0 Å². The van der Waals surface area contributed by atoms with Gasteiger partial charge < -0.3 is 4.74 Å². The average Bonchev–Trinajstić information content (AvgIpc) is 2.29. The summed E-state index contributed by atoms with van der Waals surface area (Å²) in [4.78, 5) is 2.78. The van der Waals surface area contributed by atoms with E-state index in [2.05, 4.69) is 15.9 Å². The Labute approximate surface area is 88.5 Å². The molecule has 1 rings (SSSR count). The van der Waals surface area contributed by atoms with Crippen molar-refractivity contribution >= 4 is 0 Å². The van der Waals surface area contributed by atoms with E-state index in [1.165, 1.54) is 0 Å². The third kappa shape index (κ3) is 3.74. The predicted octanol–water partition coefficient (Wildman–Crippen LogP) is 2.69. The number of terminal acetylenes is 1. The lowest BCUT2D eigenvalue weighted by Gasteiger charge is -2.10. The second kappa shape index (κ2) is 6.50. The minimum atomic E-state index is -0.315. The molecule has 0 aromatic heterocycles. The lowest BCUT2D eigenvalue weighted by Crippen LogP contribution is -2.05. The maximum absolute atomic E-state index is 8.42. The zero-order valence-electron chi connectivity index (χ0n) is 8.21. The van der Waals surface area contributed by atoms with Crippen molar-refractivity contribution in [3.63, 3.8) is 0 Å². The lowest BCUT2D eigenvalue weighted by atomic mass is 10.1. The second-order valence-electron chi connectivity index (χ2n) is 2.85. The van der Waals surface area contributed by atoms with Gasteiger partial charge in [0.05, 0.1) is 12.6 Å². The highest BCUT2D eigenvalue weighted by atomic mass is 16.5. The first kappa shape index (κ1) is 11.1. The first-order chi connectivity index (χ1) is 7.38. The molecule has 0 heterocycles. The summed E-state index contributed by atoms with van der Waals surface area (Å²) in [6.45, 7) is 0.530. The Kier molecular flexibility index (Phi) is 4.82. The summed E-state index contributed by atoms with van der Waals surface area (Å²) in [7, 11) is 0. The first-order valence-corrected chi connectivity index (χ1v) is 4.49. The van der Waals surface area contributed by atoms with E-state index >= 15 is 0 Å². The molecule has 0 fully saturated rings. The van der Waals surface area contributed by atoms with Gasteiger partial charge in [0, 0.05) is 4.91 Å². The van der Waals surface area contributed by atoms with Crippen molar-refractivity contribution in [3.8, 4) is 12.3 Å². The molecule has 1 aromatic carbocycles. The van der Waals surface area contributed by atoms with Crippen LogP contribution in [0.1, 0.15) is 11.6 Å². The molecule has 0 bridgehead atoms. The monoisotopic (exact) mass is 201 g/mol. The van der Waals surface area contributed by atoms with Crippen LogP contribution < -0.4 is 0 Å². The molecule has 0 amide bonds. The van der Waals surface area contributed by atoms with Crippen LogP contribution in [0.15, 0.2) is 35.4 Å². The van der Waals surface area contributed by atoms with Crippen LogP contribution in [0.3, 0.4) is 0 Å². The van der Waals surface area contributed by atoms with Gasteiger partial charge in [0.25, 0.3) is 0 Å². The number of rotatable bonds is 5. The smallest absolute Gasteiger partial charge is 0.107 e. The van der Waals surface area contributed by atoms with Gasteiger partial charge in [-0.05, 0) is 11.1 Å². The largest absolute Gasteiger partial charge is 0.368 e. The van der Waals surface area contributed by atoms with E-state index in [0.29, 0.717) is 6.61 Å². The van der Waals surface area contributed by atoms with Crippen LogP contribution in [0.4, 0.5) is 0 Å². The fourth-order valence-corrected chi connectivity index (χ4v) is 1.16. The Morgan fingerprint density at radius 3 is 2.80 bits per heavy atom. The maximum atomic E-state index is 8.42. The SMILES string of the molecule is C#CCOC[C@@H](N=[N+]=[N-])c1ccccc1. The van der Waals surface area contributed by atoms with Crippen LogP contribution in [0, 0.1) is 12.3 Å². The Morgan fingerprint density at radius 1 is 1.47 bits per heavy atom. The van der Waals surface area contributed by atoms with Crippen molar-refractivity contribution in [3.05, 3.63) is 46.3 Å². The Bertz CT molecular complexity index is 377. The highest BCUT2D eigenvalue weighted by Crippen LogP contribution is 2.17. The van der Waals surface area contributed by atoms with E-state index in [1.54, 1.807) is 0 Å². The standard InChI is InChI=1S/C11H11N3O/c1-2-8-15-9-11(13-14-12)10-6-4-3-5-7-10/h1,3-7,11H,8-9H2/t11-/m1/s1. The predicted molar refractivity (Wildman–Crippen MR) is 58.0 cm³/mol. The molecule has 0 unspecified atom stereocenters. The molecular formula is C11H11N3O. The molecule has 0 aliphatic heterocycles. The van der Waals surface area contributed by atoms with E-state index in [9.17, 15) is 0 Å². The van der Waals surface area contributed by atoms with Crippen molar-refractivity contribution < 1.29 is 4.74 Å². The molecule has 0 aliphatic carbocycles. The van der Waals surface area contributed by atoms with E-state index < -0.39 is 0 Å². The Hall–Kier alpha value is -1.95. The van der Waals surface area contributed by atoms with Crippen LogP contribution in [0.5, 0.6) is 0 Å². The van der Waals surface area contributed by atoms with Crippen LogP contribution >= 0.6 is 0 Å². The number of hydrogen-bond acceptors (Lipinski definition) is 2. The molecule has 0 radical (unpaired) electrons. The van der Waals surface area contributed by atoms with Gasteiger partial charge in [-0.25, -0.2) is 0 Å². The summed E-state index contributed by atoms with van der Waals surface area (Å²) in [6.07, 6.45) is 5.05. The van der Waals surface area contributed by atoms with Gasteiger partial charge in [-0.3, -0.25) is 0 Å². The highest BCUT2D eigenvalue weighted by molar-refractivity contribution is 5.19. The lowest BCUT2D eigenvalue weighted by molar-refractivity contribution is 0.152. The number of azide groups is 1. The summed E-state index contributed by atoms with van der Waals surface area (Å²) in [5, 5.41) is 3.65. The van der Waals surface area contributed by atoms with E-state index in [-0.39, 0.29) is 12.6 Å². The summed E-state index contributed by atoms with van der Waals surface area (Å²) >= 11 is 0. The summed E-state index contributed by atoms with van der Waals surface area (Å²) < 4.78 is 5.15. The normalized spacial score (nSPS) is 11.1. The van der Waals surface area contributed by atoms with Crippen molar-refractivity contribution in [1.82, 2.24) is 0 Å². The zero-order chi connectivity index (χ0) is 10.9. The molecule has 4 nitrogen and oxygen atoms in total. The molecular weight excluding hydrogens is 190 g/mol. The third-order valence-electron chi connectivity index (χ3n) is 1.84. The zero-order valence-corrected chi connectivity index (χ0v) is 8.21. The molecule has 1 atom stereocenters. The van der Waals surface area contributed by atoms with Crippen molar-refractivity contribution in [2.45, 2.75) is 6.04 Å². The summed E-state index contributed by atoms with van der Waals surface area (Å²) in [6, 6.07) is 9.13. The van der Waals surface area contributed by atoms with Gasteiger partial charge in [0.1, 0.15) is 6.61 Å². The molecule has 0 spiro atoms.